The van der Waals surface area contributed by atoms with Crippen LogP contribution in [0.4, 0.5) is 8.78 Å². The highest BCUT2D eigenvalue weighted by molar-refractivity contribution is 5.83. The van der Waals surface area contributed by atoms with Crippen LogP contribution >= 0.6 is 0 Å². The van der Waals surface area contributed by atoms with Crippen molar-refractivity contribution < 1.29 is 13.6 Å². The molecule has 9 heteroatoms. The molecule has 1 aromatic carbocycles. The molecule has 0 saturated carbocycles. The molecule has 27 heavy (non-hydrogen) atoms. The molecule has 0 radical (unpaired) electrons. The van der Waals surface area contributed by atoms with Crippen LogP contribution in [-0.2, 0) is 11.2 Å². The van der Waals surface area contributed by atoms with E-state index in [1.807, 2.05) is 6.07 Å². The van der Waals surface area contributed by atoms with Gasteiger partial charge in [-0.3, -0.25) is 14.6 Å². The van der Waals surface area contributed by atoms with Crippen LogP contribution in [0.15, 0.2) is 35.4 Å². The van der Waals surface area contributed by atoms with Crippen molar-refractivity contribution >= 4 is 16.8 Å². The molecule has 0 saturated heterocycles. The van der Waals surface area contributed by atoms with Crippen LogP contribution in [0, 0.1) is 23.0 Å². The highest BCUT2D eigenvalue weighted by atomic mass is 19.2. The first-order valence-corrected chi connectivity index (χ1v) is 7.90. The standard InChI is InChI=1S/C18H13F2N5O2/c1-9(15-8-22-11(6-21)7-23-15)24-16(26)5-10-4-12-14(25-18(10)27)3-2-13(19)17(12)20/h2-4,7-9H,5H2,1H3,(H,24,26)(H,25,27)/t9-/m0/s1. The molecular formula is C18H13F2N5O2. The Bertz CT molecular complexity index is 1120. The maximum atomic E-state index is 13.9. The van der Waals surface area contributed by atoms with Gasteiger partial charge in [0, 0.05) is 10.9 Å². The summed E-state index contributed by atoms with van der Waals surface area (Å²) in [5, 5.41) is 11.2. The lowest BCUT2D eigenvalue weighted by atomic mass is 10.1. The number of carbonyl (C=O) groups excluding carboxylic acids is 1. The van der Waals surface area contributed by atoms with E-state index >= 15 is 0 Å². The molecule has 1 atom stereocenters. The highest BCUT2D eigenvalue weighted by Gasteiger charge is 2.16. The Morgan fingerprint density at radius 1 is 1.33 bits per heavy atom. The predicted molar refractivity (Wildman–Crippen MR) is 91.5 cm³/mol. The number of rotatable bonds is 4. The topological polar surface area (TPSA) is 112 Å². The molecule has 2 aromatic heterocycles. The fourth-order valence-electron chi connectivity index (χ4n) is 2.55. The van der Waals surface area contributed by atoms with Gasteiger partial charge in [-0.05, 0) is 25.1 Å². The Balaban J connectivity index is 1.79. The second-order valence-corrected chi connectivity index (χ2v) is 5.85. The number of nitrogens with zero attached hydrogens (tertiary/aromatic N) is 3. The van der Waals surface area contributed by atoms with E-state index in [4.69, 9.17) is 5.26 Å². The van der Waals surface area contributed by atoms with Gasteiger partial charge in [0.05, 0.1) is 36.1 Å². The number of hydrogen-bond acceptors (Lipinski definition) is 5. The normalized spacial score (nSPS) is 11.8. The third-order valence-electron chi connectivity index (χ3n) is 3.95. The number of halogens is 2. The largest absolute Gasteiger partial charge is 0.348 e. The third kappa shape index (κ3) is 3.79. The van der Waals surface area contributed by atoms with Gasteiger partial charge in [0.25, 0.3) is 5.56 Å². The molecule has 3 aromatic rings. The van der Waals surface area contributed by atoms with Crippen LogP contribution in [0.5, 0.6) is 0 Å². The number of carbonyl (C=O) groups is 1. The quantitative estimate of drug-likeness (QED) is 0.729. The Morgan fingerprint density at radius 3 is 2.78 bits per heavy atom. The molecule has 0 aliphatic heterocycles. The number of H-pyrrole nitrogens is 1. The van der Waals surface area contributed by atoms with Gasteiger partial charge < -0.3 is 10.3 Å². The summed E-state index contributed by atoms with van der Waals surface area (Å²) in [5.74, 6) is -2.64. The summed E-state index contributed by atoms with van der Waals surface area (Å²) in [5.41, 5.74) is 0.165. The van der Waals surface area contributed by atoms with E-state index in [9.17, 15) is 18.4 Å². The fraction of sp³-hybridized carbons (Fsp3) is 0.167. The van der Waals surface area contributed by atoms with Crippen LogP contribution in [0.1, 0.15) is 29.9 Å². The predicted octanol–water partition coefficient (Wildman–Crippen LogP) is 1.89. The number of pyridine rings is 1. The highest BCUT2D eigenvalue weighted by Crippen LogP contribution is 2.18. The van der Waals surface area contributed by atoms with E-state index in [-0.39, 0.29) is 28.6 Å². The summed E-state index contributed by atoms with van der Waals surface area (Å²) in [4.78, 5) is 34.6. The molecule has 3 rings (SSSR count). The zero-order valence-electron chi connectivity index (χ0n) is 14.1. The number of aromatic amines is 1. The maximum Gasteiger partial charge on any atom is 0.252 e. The third-order valence-corrected chi connectivity index (χ3v) is 3.95. The van der Waals surface area contributed by atoms with Crippen molar-refractivity contribution in [2.45, 2.75) is 19.4 Å². The molecular weight excluding hydrogens is 356 g/mol. The van der Waals surface area contributed by atoms with Gasteiger partial charge in [-0.1, -0.05) is 0 Å². The molecule has 2 N–H and O–H groups in total. The van der Waals surface area contributed by atoms with Crippen molar-refractivity contribution in [2.75, 3.05) is 0 Å². The first-order chi connectivity index (χ1) is 12.9. The van der Waals surface area contributed by atoms with Crippen molar-refractivity contribution in [1.82, 2.24) is 20.3 Å². The molecule has 0 bridgehead atoms. The van der Waals surface area contributed by atoms with E-state index in [1.165, 1.54) is 24.5 Å². The van der Waals surface area contributed by atoms with Crippen molar-refractivity contribution in [2.24, 2.45) is 0 Å². The summed E-state index contributed by atoms with van der Waals surface area (Å²) in [6.45, 7) is 1.66. The second kappa shape index (κ2) is 7.29. The minimum absolute atomic E-state index is 0.00242. The summed E-state index contributed by atoms with van der Waals surface area (Å²) in [6, 6.07) is 4.65. The Kier molecular flexibility index (Phi) is 4.90. The number of nitriles is 1. The SMILES string of the molecule is C[C@H](NC(=O)Cc1cc2c(F)c(F)ccc2[nH]c1=O)c1cnc(C#N)cn1. The Morgan fingerprint density at radius 2 is 2.11 bits per heavy atom. The lowest BCUT2D eigenvalue weighted by Crippen LogP contribution is -2.30. The van der Waals surface area contributed by atoms with E-state index in [2.05, 4.69) is 20.3 Å². The number of fused-ring (bicyclic) bond motifs is 1. The molecule has 0 spiro atoms. The van der Waals surface area contributed by atoms with E-state index in [0.717, 1.165) is 6.07 Å². The minimum Gasteiger partial charge on any atom is -0.348 e. The van der Waals surface area contributed by atoms with Crippen molar-refractivity contribution in [3.63, 3.8) is 0 Å². The number of hydrogen-bond donors (Lipinski definition) is 2. The van der Waals surface area contributed by atoms with Crippen molar-refractivity contribution in [3.8, 4) is 6.07 Å². The van der Waals surface area contributed by atoms with Crippen molar-refractivity contribution in [1.29, 1.82) is 5.26 Å². The van der Waals surface area contributed by atoms with Gasteiger partial charge in [0.1, 0.15) is 6.07 Å². The summed E-state index contributed by atoms with van der Waals surface area (Å²) < 4.78 is 27.3. The van der Waals surface area contributed by atoms with Gasteiger partial charge >= 0.3 is 0 Å². The van der Waals surface area contributed by atoms with Gasteiger partial charge in [-0.25, -0.2) is 13.8 Å². The van der Waals surface area contributed by atoms with Gasteiger partial charge in [-0.2, -0.15) is 5.26 Å². The Hall–Kier alpha value is -3.67. The lowest BCUT2D eigenvalue weighted by molar-refractivity contribution is -0.121. The molecule has 0 unspecified atom stereocenters. The average Bonchev–Trinajstić information content (AvgIpc) is 2.66. The lowest BCUT2D eigenvalue weighted by Gasteiger charge is -2.13. The first-order valence-electron chi connectivity index (χ1n) is 7.90. The number of amides is 1. The number of benzene rings is 1. The van der Waals surface area contributed by atoms with E-state index < -0.39 is 29.1 Å². The zero-order valence-corrected chi connectivity index (χ0v) is 14.1. The van der Waals surface area contributed by atoms with Gasteiger partial charge in [0.15, 0.2) is 17.3 Å². The first kappa shape index (κ1) is 18.1. The van der Waals surface area contributed by atoms with Crippen LogP contribution in [-0.4, -0.2) is 20.9 Å². The Labute approximate surface area is 151 Å². The zero-order chi connectivity index (χ0) is 19.6. The average molecular weight is 369 g/mol. The minimum atomic E-state index is -1.09. The van der Waals surface area contributed by atoms with Crippen molar-refractivity contribution in [3.05, 3.63) is 69.5 Å². The molecule has 0 aliphatic carbocycles. The summed E-state index contributed by atoms with van der Waals surface area (Å²) in [6.07, 6.45) is 2.32. The number of aromatic nitrogens is 3. The monoisotopic (exact) mass is 369 g/mol. The van der Waals surface area contributed by atoms with Crippen LogP contribution in [0.3, 0.4) is 0 Å². The molecule has 7 nitrogen and oxygen atoms in total. The smallest absolute Gasteiger partial charge is 0.252 e. The molecule has 1 amide bonds. The second-order valence-electron chi connectivity index (χ2n) is 5.85. The molecule has 0 aliphatic rings. The van der Waals surface area contributed by atoms with Gasteiger partial charge in [0.2, 0.25) is 5.91 Å². The van der Waals surface area contributed by atoms with Crippen LogP contribution in [0.2, 0.25) is 0 Å². The molecule has 136 valence electrons. The fourth-order valence-corrected chi connectivity index (χ4v) is 2.55. The number of nitrogens with one attached hydrogen (secondary N) is 2. The summed E-state index contributed by atoms with van der Waals surface area (Å²) >= 11 is 0. The molecule has 2 heterocycles. The van der Waals surface area contributed by atoms with Crippen LogP contribution in [0.25, 0.3) is 10.9 Å². The van der Waals surface area contributed by atoms with E-state index in [1.54, 1.807) is 6.92 Å². The summed E-state index contributed by atoms with van der Waals surface area (Å²) in [7, 11) is 0. The van der Waals surface area contributed by atoms with Gasteiger partial charge in [-0.15, -0.1) is 0 Å². The molecule has 0 fully saturated rings. The maximum absolute atomic E-state index is 13.9. The van der Waals surface area contributed by atoms with Crippen LogP contribution < -0.4 is 10.9 Å². The van der Waals surface area contributed by atoms with E-state index in [0.29, 0.717) is 5.69 Å².